The van der Waals surface area contributed by atoms with Gasteiger partial charge in [0.1, 0.15) is 5.65 Å². The Balaban J connectivity index is 1.78. The number of halogens is 1. The predicted molar refractivity (Wildman–Crippen MR) is 138 cm³/mol. The molecule has 0 unspecified atom stereocenters. The maximum Gasteiger partial charge on any atom is 0.251 e. The number of nitrogens with one attached hydrogen (secondary N) is 1. The van der Waals surface area contributed by atoms with Crippen LogP contribution < -0.4 is 5.56 Å². The van der Waals surface area contributed by atoms with Crippen LogP contribution >= 0.6 is 11.6 Å². The molecule has 0 radical (unpaired) electrons. The zero-order chi connectivity index (χ0) is 23.7. The van der Waals surface area contributed by atoms with E-state index in [1.165, 1.54) is 0 Å². The molecule has 0 fully saturated rings. The van der Waals surface area contributed by atoms with Crippen LogP contribution in [0, 0.1) is 18.8 Å². The highest BCUT2D eigenvalue weighted by atomic mass is 35.5. The lowest BCUT2D eigenvalue weighted by atomic mass is 10.0. The van der Waals surface area contributed by atoms with Crippen molar-refractivity contribution in [3.63, 3.8) is 0 Å². The second-order valence-electron chi connectivity index (χ2n) is 8.17. The molecule has 2 heterocycles. The molecule has 0 saturated carbocycles. The molecule has 0 atom stereocenters. The molecule has 0 spiro atoms. The van der Waals surface area contributed by atoms with Crippen LogP contribution in [0.5, 0.6) is 0 Å². The van der Waals surface area contributed by atoms with Crippen molar-refractivity contribution in [2.45, 2.75) is 20.3 Å². The van der Waals surface area contributed by atoms with Crippen molar-refractivity contribution in [1.82, 2.24) is 14.6 Å². The fourth-order valence-electron chi connectivity index (χ4n) is 4.29. The molecule has 5 aromatic rings. The second-order valence-corrected chi connectivity index (χ2v) is 8.61. The van der Waals surface area contributed by atoms with Gasteiger partial charge in [0.05, 0.1) is 11.4 Å². The molecule has 0 saturated heterocycles. The highest BCUT2D eigenvalue weighted by molar-refractivity contribution is 6.30. The number of benzene rings is 3. The zero-order valence-electron chi connectivity index (χ0n) is 18.9. The van der Waals surface area contributed by atoms with Gasteiger partial charge in [0.25, 0.3) is 5.56 Å². The van der Waals surface area contributed by atoms with Crippen LogP contribution in [0.2, 0.25) is 5.02 Å². The number of fused-ring (bicyclic) bond motifs is 1. The summed E-state index contributed by atoms with van der Waals surface area (Å²) in [6, 6.07) is 25.4. The Morgan fingerprint density at radius 3 is 2.47 bits per heavy atom. The first-order chi connectivity index (χ1) is 16.5. The van der Waals surface area contributed by atoms with Gasteiger partial charge in [-0.25, -0.2) is 4.52 Å². The number of hydrogen-bond acceptors (Lipinski definition) is 2. The van der Waals surface area contributed by atoms with Crippen LogP contribution in [0.1, 0.15) is 29.3 Å². The van der Waals surface area contributed by atoms with E-state index in [1.807, 2.05) is 79.0 Å². The number of hydrogen-bond donors (Lipinski definition) is 1. The number of aryl methyl sites for hydroxylation is 1. The average molecular weight is 464 g/mol. The van der Waals surface area contributed by atoms with Crippen LogP contribution in [0.15, 0.2) is 83.7 Å². The van der Waals surface area contributed by atoms with Gasteiger partial charge < -0.3 is 4.98 Å². The highest BCUT2D eigenvalue weighted by Gasteiger charge is 2.20. The van der Waals surface area contributed by atoms with Crippen molar-refractivity contribution in [3.05, 3.63) is 117 Å². The van der Waals surface area contributed by atoms with E-state index in [0.717, 1.165) is 44.8 Å². The third-order valence-electron chi connectivity index (χ3n) is 5.81. The summed E-state index contributed by atoms with van der Waals surface area (Å²) in [7, 11) is 0. The third-order valence-corrected chi connectivity index (χ3v) is 6.07. The van der Waals surface area contributed by atoms with Gasteiger partial charge in [-0.3, -0.25) is 4.79 Å². The molecule has 0 amide bonds. The largest absolute Gasteiger partial charge is 0.306 e. The lowest BCUT2D eigenvalue weighted by molar-refractivity contribution is 0.898. The minimum atomic E-state index is -0.180. The van der Waals surface area contributed by atoms with Crippen LogP contribution in [-0.4, -0.2) is 14.6 Å². The van der Waals surface area contributed by atoms with E-state index in [1.54, 1.807) is 6.07 Å². The minimum Gasteiger partial charge on any atom is -0.306 e. The first-order valence-corrected chi connectivity index (χ1v) is 11.4. The summed E-state index contributed by atoms with van der Waals surface area (Å²) in [6.07, 6.45) is 0.631. The van der Waals surface area contributed by atoms with E-state index in [4.69, 9.17) is 16.7 Å². The third kappa shape index (κ3) is 4.14. The summed E-state index contributed by atoms with van der Waals surface area (Å²) < 4.78 is 1.84. The van der Waals surface area contributed by atoms with Crippen LogP contribution in [0.4, 0.5) is 0 Å². The Morgan fingerprint density at radius 2 is 1.76 bits per heavy atom. The summed E-state index contributed by atoms with van der Waals surface area (Å²) >= 11 is 6.16. The van der Waals surface area contributed by atoms with Crippen LogP contribution in [0.25, 0.3) is 28.0 Å². The Hall–Kier alpha value is -4.07. The molecule has 0 aliphatic rings. The summed E-state index contributed by atoms with van der Waals surface area (Å²) in [5.41, 5.74) is 7.99. The molecule has 1 N–H and O–H groups in total. The highest BCUT2D eigenvalue weighted by Crippen LogP contribution is 2.32. The minimum absolute atomic E-state index is 0.180. The number of aromatic amines is 1. The van der Waals surface area contributed by atoms with Gasteiger partial charge >= 0.3 is 0 Å². The fourth-order valence-corrected chi connectivity index (χ4v) is 4.41. The zero-order valence-corrected chi connectivity index (χ0v) is 19.6. The van der Waals surface area contributed by atoms with Gasteiger partial charge in [-0.05, 0) is 54.8 Å². The molecule has 5 rings (SSSR count). The van der Waals surface area contributed by atoms with Gasteiger partial charge in [0, 0.05) is 34.2 Å². The van der Waals surface area contributed by atoms with Crippen molar-refractivity contribution in [3.8, 4) is 34.2 Å². The molecular formula is C29H22ClN3O. The molecule has 2 aromatic heterocycles. The first-order valence-electron chi connectivity index (χ1n) is 11.0. The summed E-state index contributed by atoms with van der Waals surface area (Å²) in [6.45, 7) is 3.84. The smallest absolute Gasteiger partial charge is 0.251 e. The first kappa shape index (κ1) is 21.8. The molecule has 4 nitrogen and oxygen atoms in total. The van der Waals surface area contributed by atoms with Crippen molar-refractivity contribution in [1.29, 1.82) is 0 Å². The van der Waals surface area contributed by atoms with Crippen LogP contribution in [-0.2, 0) is 6.42 Å². The van der Waals surface area contributed by atoms with Crippen molar-refractivity contribution < 1.29 is 0 Å². The monoisotopic (exact) mass is 463 g/mol. The van der Waals surface area contributed by atoms with Gasteiger partial charge in [-0.15, -0.1) is 5.92 Å². The Bertz CT molecular complexity index is 1620. The van der Waals surface area contributed by atoms with Gasteiger partial charge in [-0.2, -0.15) is 5.10 Å². The van der Waals surface area contributed by atoms with E-state index in [9.17, 15) is 4.79 Å². The lowest BCUT2D eigenvalue weighted by Crippen LogP contribution is -2.10. The molecule has 34 heavy (non-hydrogen) atoms. The Labute approximate surface area is 202 Å². The summed E-state index contributed by atoms with van der Waals surface area (Å²) in [5.74, 6) is 6.02. The quantitative estimate of drug-likeness (QED) is 0.319. The fraction of sp³-hybridized carbons (Fsp3) is 0.103. The molecule has 3 aromatic carbocycles. The average Bonchev–Trinajstić information content (AvgIpc) is 3.18. The van der Waals surface area contributed by atoms with Crippen molar-refractivity contribution in [2.75, 3.05) is 0 Å². The van der Waals surface area contributed by atoms with Crippen LogP contribution in [0.3, 0.4) is 0 Å². The number of H-pyrrole nitrogens is 1. The number of nitrogens with zero attached hydrogens (tertiary/aromatic N) is 2. The van der Waals surface area contributed by atoms with E-state index >= 15 is 0 Å². The van der Waals surface area contributed by atoms with Crippen molar-refractivity contribution in [2.24, 2.45) is 0 Å². The van der Waals surface area contributed by atoms with E-state index < -0.39 is 0 Å². The predicted octanol–water partition coefficient (Wildman–Crippen LogP) is 6.28. The Kier molecular flexibility index (Phi) is 5.79. The standard InChI is InChI=1S/C29H22ClN3O/c1-3-7-20-10-15-24(19(2)16-20)26-18-27(34)31-29-28(22-11-13-23(30)14-12-22)25(32-33(26)29)17-21-8-5-4-6-9-21/h4-6,8-16,18H,17H2,1-2H3,(H,31,34). The maximum atomic E-state index is 12.8. The lowest BCUT2D eigenvalue weighted by Gasteiger charge is -2.09. The topological polar surface area (TPSA) is 50.2 Å². The van der Waals surface area contributed by atoms with E-state index in [0.29, 0.717) is 17.1 Å². The molecule has 5 heteroatoms. The van der Waals surface area contributed by atoms with Gasteiger partial charge in [0.2, 0.25) is 0 Å². The van der Waals surface area contributed by atoms with Gasteiger partial charge in [-0.1, -0.05) is 66.1 Å². The summed E-state index contributed by atoms with van der Waals surface area (Å²) in [4.78, 5) is 15.9. The van der Waals surface area contributed by atoms with Gasteiger partial charge in [0.15, 0.2) is 0 Å². The molecule has 0 aliphatic heterocycles. The Morgan fingerprint density at radius 1 is 1.00 bits per heavy atom. The maximum absolute atomic E-state index is 12.8. The summed E-state index contributed by atoms with van der Waals surface area (Å²) in [5, 5.41) is 5.67. The SMILES string of the molecule is CC#Cc1ccc(-c2cc(=O)[nH]c3c(-c4ccc(Cl)cc4)c(Cc4ccccc4)nn23)c(C)c1. The van der Waals surface area contributed by atoms with E-state index in [2.05, 4.69) is 29.0 Å². The molecule has 0 aliphatic carbocycles. The van der Waals surface area contributed by atoms with E-state index in [-0.39, 0.29) is 5.56 Å². The molecule has 166 valence electrons. The second kappa shape index (κ2) is 9.05. The van der Waals surface area contributed by atoms with Crippen molar-refractivity contribution >= 4 is 17.2 Å². The normalized spacial score (nSPS) is 10.8. The molecular weight excluding hydrogens is 442 g/mol. The molecule has 0 bridgehead atoms. The number of aromatic nitrogens is 3. The number of rotatable bonds is 4.